The summed E-state index contributed by atoms with van der Waals surface area (Å²) in [5, 5.41) is 0. The van der Waals surface area contributed by atoms with Gasteiger partial charge in [0.25, 0.3) is 0 Å². The molecule has 0 aromatic heterocycles. The van der Waals surface area contributed by atoms with E-state index in [4.69, 9.17) is 14.2 Å². The summed E-state index contributed by atoms with van der Waals surface area (Å²) in [5.41, 5.74) is 3.76. The third kappa shape index (κ3) is 4.06. The summed E-state index contributed by atoms with van der Waals surface area (Å²) in [4.78, 5) is 0. The standard InChI is InChI=1S/C24H36O3/c1-23-7-5-19(10-21(23)12-23)15-25-13-17-3-4-18(9-17)14-26-16-20-6-8-24(2)22(11-20)27-24/h3-4,19-22H,5-16H2,1-2H3. The van der Waals surface area contributed by atoms with Gasteiger partial charge in [0.2, 0.25) is 0 Å². The molecule has 5 rings (SSSR count). The van der Waals surface area contributed by atoms with E-state index in [1.54, 1.807) is 0 Å². The lowest BCUT2D eigenvalue weighted by Crippen LogP contribution is -2.24. The molecule has 0 spiro atoms. The lowest BCUT2D eigenvalue weighted by Gasteiger charge is -2.25. The topological polar surface area (TPSA) is 31.0 Å². The summed E-state index contributed by atoms with van der Waals surface area (Å²) >= 11 is 0. The van der Waals surface area contributed by atoms with Gasteiger partial charge in [0, 0.05) is 13.2 Å². The SMILES string of the molecule is CC12CCC(COCC3=CC=C(COCC4CCC5(C)OC5C4)C3)CC1C2. The Morgan fingerprint density at radius 3 is 2.30 bits per heavy atom. The third-order valence-corrected chi connectivity index (χ3v) is 8.20. The van der Waals surface area contributed by atoms with Crippen molar-refractivity contribution in [3.8, 4) is 0 Å². The molecule has 27 heavy (non-hydrogen) atoms. The summed E-state index contributed by atoms with van der Waals surface area (Å²) in [5.74, 6) is 2.49. The van der Waals surface area contributed by atoms with E-state index in [1.165, 1.54) is 56.1 Å². The van der Waals surface area contributed by atoms with Crippen molar-refractivity contribution in [2.24, 2.45) is 23.2 Å². The van der Waals surface area contributed by atoms with Gasteiger partial charge in [-0.25, -0.2) is 0 Å². The first-order valence-corrected chi connectivity index (χ1v) is 11.2. The molecule has 5 aliphatic rings. The van der Waals surface area contributed by atoms with Gasteiger partial charge in [0.1, 0.15) is 0 Å². The highest BCUT2D eigenvalue weighted by molar-refractivity contribution is 5.31. The summed E-state index contributed by atoms with van der Waals surface area (Å²) < 4.78 is 17.9. The van der Waals surface area contributed by atoms with Gasteiger partial charge in [-0.05, 0) is 92.6 Å². The minimum absolute atomic E-state index is 0.221. The van der Waals surface area contributed by atoms with Gasteiger partial charge in [-0.2, -0.15) is 0 Å². The molecule has 0 amide bonds. The Hall–Kier alpha value is -0.640. The second-order valence-corrected chi connectivity index (χ2v) is 10.6. The van der Waals surface area contributed by atoms with Crippen LogP contribution in [-0.2, 0) is 14.2 Å². The molecular formula is C24H36O3. The first-order valence-electron chi connectivity index (χ1n) is 11.2. The molecule has 0 radical (unpaired) electrons. The molecule has 6 unspecified atom stereocenters. The molecule has 1 heterocycles. The van der Waals surface area contributed by atoms with Gasteiger partial charge in [0.15, 0.2) is 0 Å². The Morgan fingerprint density at radius 1 is 0.963 bits per heavy atom. The van der Waals surface area contributed by atoms with Crippen molar-refractivity contribution in [1.82, 2.24) is 0 Å². The van der Waals surface area contributed by atoms with Crippen LogP contribution in [0.15, 0.2) is 23.3 Å². The van der Waals surface area contributed by atoms with Crippen LogP contribution in [0.25, 0.3) is 0 Å². The molecule has 150 valence electrons. The van der Waals surface area contributed by atoms with Gasteiger partial charge >= 0.3 is 0 Å². The highest BCUT2D eigenvalue weighted by Crippen LogP contribution is 2.62. The van der Waals surface area contributed by atoms with Crippen molar-refractivity contribution in [2.45, 2.75) is 76.9 Å². The van der Waals surface area contributed by atoms with Crippen LogP contribution in [0, 0.1) is 23.2 Å². The van der Waals surface area contributed by atoms with Crippen molar-refractivity contribution >= 4 is 0 Å². The number of fused-ring (bicyclic) bond motifs is 2. The normalized spacial score (nSPS) is 45.0. The maximum atomic E-state index is 6.07. The molecule has 1 aliphatic heterocycles. The first kappa shape index (κ1) is 18.4. The van der Waals surface area contributed by atoms with Crippen LogP contribution in [0.3, 0.4) is 0 Å². The number of hydrogen-bond acceptors (Lipinski definition) is 3. The van der Waals surface area contributed by atoms with Gasteiger partial charge in [-0.3, -0.25) is 0 Å². The summed E-state index contributed by atoms with van der Waals surface area (Å²) in [6.45, 7) is 8.16. The van der Waals surface area contributed by atoms with E-state index in [2.05, 4.69) is 26.0 Å². The maximum absolute atomic E-state index is 6.07. The molecular weight excluding hydrogens is 336 g/mol. The van der Waals surface area contributed by atoms with Crippen LogP contribution in [-0.4, -0.2) is 38.1 Å². The smallest absolute Gasteiger partial charge is 0.0920 e. The third-order valence-electron chi connectivity index (χ3n) is 8.20. The summed E-state index contributed by atoms with van der Waals surface area (Å²) in [6, 6.07) is 0. The Bertz CT molecular complexity index is 584. The first-order chi connectivity index (χ1) is 13.0. The highest BCUT2D eigenvalue weighted by Gasteiger charge is 2.55. The van der Waals surface area contributed by atoms with E-state index in [-0.39, 0.29) is 5.60 Å². The summed E-state index contributed by atoms with van der Waals surface area (Å²) in [6.07, 6.45) is 15.4. The van der Waals surface area contributed by atoms with Gasteiger partial charge < -0.3 is 14.2 Å². The number of epoxide rings is 1. The lowest BCUT2D eigenvalue weighted by molar-refractivity contribution is 0.0902. The fourth-order valence-corrected chi connectivity index (χ4v) is 5.81. The Morgan fingerprint density at radius 2 is 1.63 bits per heavy atom. The van der Waals surface area contributed by atoms with E-state index in [1.807, 2.05) is 0 Å². The van der Waals surface area contributed by atoms with Crippen molar-refractivity contribution in [2.75, 3.05) is 26.4 Å². The molecule has 3 heteroatoms. The maximum Gasteiger partial charge on any atom is 0.0920 e. The molecule has 0 aromatic rings. The largest absolute Gasteiger partial charge is 0.377 e. The number of allylic oxidation sites excluding steroid dienone is 2. The predicted octanol–water partition coefficient (Wildman–Crippen LogP) is 5.06. The Balaban J connectivity index is 0.935. The Kier molecular flexibility index (Phi) is 4.77. The van der Waals surface area contributed by atoms with Crippen LogP contribution in [0.1, 0.15) is 65.2 Å². The average molecular weight is 373 g/mol. The van der Waals surface area contributed by atoms with E-state index >= 15 is 0 Å². The molecule has 4 fully saturated rings. The second kappa shape index (κ2) is 7.00. The quantitative estimate of drug-likeness (QED) is 0.558. The average Bonchev–Trinajstić information content (AvgIpc) is 3.45. The molecule has 0 aromatic carbocycles. The number of rotatable bonds is 8. The monoisotopic (exact) mass is 372 g/mol. The molecule has 1 saturated heterocycles. The zero-order chi connectivity index (χ0) is 18.5. The number of hydrogen-bond donors (Lipinski definition) is 0. The minimum atomic E-state index is 0.221. The zero-order valence-electron chi connectivity index (χ0n) is 17.2. The van der Waals surface area contributed by atoms with Crippen LogP contribution in [0.4, 0.5) is 0 Å². The summed E-state index contributed by atoms with van der Waals surface area (Å²) in [7, 11) is 0. The van der Waals surface area contributed by atoms with E-state index in [0.717, 1.165) is 44.7 Å². The molecule has 0 bridgehead atoms. The van der Waals surface area contributed by atoms with Crippen molar-refractivity contribution in [1.29, 1.82) is 0 Å². The van der Waals surface area contributed by atoms with Crippen molar-refractivity contribution in [3.63, 3.8) is 0 Å². The molecule has 0 N–H and O–H groups in total. The highest BCUT2D eigenvalue weighted by atomic mass is 16.6. The minimum Gasteiger partial charge on any atom is -0.377 e. The Labute approximate surface area is 164 Å². The molecule has 3 nitrogen and oxygen atoms in total. The van der Waals surface area contributed by atoms with Crippen LogP contribution >= 0.6 is 0 Å². The fourth-order valence-electron chi connectivity index (χ4n) is 5.81. The van der Waals surface area contributed by atoms with Gasteiger partial charge in [-0.1, -0.05) is 19.1 Å². The predicted molar refractivity (Wildman–Crippen MR) is 107 cm³/mol. The number of ether oxygens (including phenoxy) is 3. The molecule has 6 atom stereocenters. The zero-order valence-corrected chi connectivity index (χ0v) is 17.2. The van der Waals surface area contributed by atoms with Crippen molar-refractivity contribution in [3.05, 3.63) is 23.3 Å². The van der Waals surface area contributed by atoms with Crippen LogP contribution in [0.2, 0.25) is 0 Å². The van der Waals surface area contributed by atoms with Gasteiger partial charge in [0.05, 0.1) is 24.9 Å². The van der Waals surface area contributed by atoms with Crippen LogP contribution in [0.5, 0.6) is 0 Å². The molecule has 4 aliphatic carbocycles. The van der Waals surface area contributed by atoms with E-state index in [0.29, 0.717) is 17.4 Å². The van der Waals surface area contributed by atoms with Crippen molar-refractivity contribution < 1.29 is 14.2 Å². The second-order valence-electron chi connectivity index (χ2n) is 10.6. The van der Waals surface area contributed by atoms with E-state index < -0.39 is 0 Å². The molecule has 3 saturated carbocycles. The lowest BCUT2D eigenvalue weighted by atomic mass is 9.83. The van der Waals surface area contributed by atoms with Crippen LogP contribution < -0.4 is 0 Å². The fraction of sp³-hybridized carbons (Fsp3) is 0.833. The van der Waals surface area contributed by atoms with E-state index in [9.17, 15) is 0 Å². The van der Waals surface area contributed by atoms with Gasteiger partial charge in [-0.15, -0.1) is 0 Å².